The van der Waals surface area contributed by atoms with Crippen LogP contribution < -0.4 is 5.32 Å². The Morgan fingerprint density at radius 1 is 1.17 bits per heavy atom. The van der Waals surface area contributed by atoms with Crippen LogP contribution in [0.5, 0.6) is 0 Å². The van der Waals surface area contributed by atoms with Gasteiger partial charge in [0.25, 0.3) is 0 Å². The van der Waals surface area contributed by atoms with Crippen LogP contribution in [-0.4, -0.2) is 41.2 Å². The van der Waals surface area contributed by atoms with Gasteiger partial charge in [-0.2, -0.15) is 0 Å². The summed E-state index contributed by atoms with van der Waals surface area (Å²) in [6, 6.07) is 10.6. The molecule has 2 aromatic rings. The third kappa shape index (κ3) is 3.24. The van der Waals surface area contributed by atoms with Crippen LogP contribution in [0.1, 0.15) is 24.8 Å². The summed E-state index contributed by atoms with van der Waals surface area (Å²) in [4.78, 5) is 15.1. The van der Waals surface area contributed by atoms with Crippen LogP contribution in [0.4, 0.5) is 4.79 Å². The highest BCUT2D eigenvalue weighted by Crippen LogP contribution is 2.27. The molecule has 3 fully saturated rings. The smallest absolute Gasteiger partial charge is 0.325 e. The minimum Gasteiger partial charge on any atom is -0.333 e. The number of amides is 1. The number of piperidine rings is 1. The van der Waals surface area contributed by atoms with E-state index in [-0.39, 0.29) is 12.1 Å². The summed E-state index contributed by atoms with van der Waals surface area (Å²) in [5.74, 6) is 0.779. The van der Waals surface area contributed by atoms with Crippen LogP contribution in [0, 0.1) is 12.8 Å². The van der Waals surface area contributed by atoms with Crippen LogP contribution in [0.2, 0.25) is 0 Å². The number of hydrogen-bond acceptors (Lipinski definition) is 2. The van der Waals surface area contributed by atoms with E-state index >= 15 is 0 Å². The van der Waals surface area contributed by atoms with Gasteiger partial charge in [0.2, 0.25) is 0 Å². The standard InChI is InChI=1S/C20H25N3O/c1-15-3-2-4-17(11-15)18-7-10-23(13-18)20(24)21-19-12-16-5-8-22(14-19)9-6-16/h2-4,7,10-11,13,16,19H,5-6,8-9,12,14H2,1H3,(H,21,24). The van der Waals surface area contributed by atoms with E-state index in [1.807, 2.05) is 18.5 Å². The number of fused-ring (bicyclic) bond motifs is 4. The van der Waals surface area contributed by atoms with E-state index in [4.69, 9.17) is 0 Å². The highest BCUT2D eigenvalue weighted by Gasteiger charge is 2.29. The van der Waals surface area contributed by atoms with Crippen LogP contribution in [-0.2, 0) is 0 Å². The lowest BCUT2D eigenvalue weighted by Crippen LogP contribution is -2.43. The van der Waals surface area contributed by atoms with Crippen LogP contribution in [0.25, 0.3) is 11.1 Å². The number of benzene rings is 1. The molecule has 4 heteroatoms. The van der Waals surface area contributed by atoms with Crippen molar-refractivity contribution < 1.29 is 4.79 Å². The maximum atomic E-state index is 12.6. The van der Waals surface area contributed by atoms with Crippen LogP contribution >= 0.6 is 0 Å². The van der Waals surface area contributed by atoms with Crippen LogP contribution in [0.15, 0.2) is 42.7 Å². The number of hydrogen-bond donors (Lipinski definition) is 1. The fraction of sp³-hybridized carbons (Fsp3) is 0.450. The van der Waals surface area contributed by atoms with Crippen molar-refractivity contribution >= 4 is 6.03 Å². The molecule has 3 saturated heterocycles. The summed E-state index contributed by atoms with van der Waals surface area (Å²) in [5, 5.41) is 3.23. The van der Waals surface area contributed by atoms with Crippen molar-refractivity contribution in [1.29, 1.82) is 0 Å². The first-order valence-corrected chi connectivity index (χ1v) is 8.95. The molecular formula is C20H25N3O. The van der Waals surface area contributed by atoms with Gasteiger partial charge in [0, 0.05) is 25.0 Å². The van der Waals surface area contributed by atoms with E-state index in [0.717, 1.165) is 30.0 Å². The van der Waals surface area contributed by atoms with E-state index in [1.165, 1.54) is 31.5 Å². The van der Waals surface area contributed by atoms with Crippen molar-refractivity contribution in [2.45, 2.75) is 32.2 Å². The molecule has 0 saturated carbocycles. The molecule has 5 rings (SSSR count). The molecule has 0 radical (unpaired) electrons. The molecule has 1 aromatic heterocycles. The van der Waals surface area contributed by atoms with Gasteiger partial charge in [-0.1, -0.05) is 29.8 Å². The zero-order valence-electron chi connectivity index (χ0n) is 14.2. The highest BCUT2D eigenvalue weighted by molar-refractivity contribution is 5.79. The Hall–Kier alpha value is -2.07. The number of aryl methyl sites for hydroxylation is 1. The summed E-state index contributed by atoms with van der Waals surface area (Å²) in [6.07, 6.45) is 7.48. The normalized spacial score (nSPS) is 26.1. The topological polar surface area (TPSA) is 37.3 Å². The number of aromatic nitrogens is 1. The number of nitrogens with zero attached hydrogens (tertiary/aromatic N) is 2. The second-order valence-corrected chi connectivity index (χ2v) is 7.30. The zero-order chi connectivity index (χ0) is 16.5. The SMILES string of the molecule is Cc1cccc(-c2ccn(C(=O)NC3CC4CCN(CC4)C3)c2)c1. The predicted octanol–water partition coefficient (Wildman–Crippen LogP) is 3.51. The molecule has 1 amide bonds. The average molecular weight is 323 g/mol. The van der Waals surface area contributed by atoms with Crippen LogP contribution in [0.3, 0.4) is 0 Å². The van der Waals surface area contributed by atoms with Crippen molar-refractivity contribution in [3.05, 3.63) is 48.3 Å². The second-order valence-electron chi connectivity index (χ2n) is 7.30. The molecule has 1 atom stereocenters. The lowest BCUT2D eigenvalue weighted by atomic mass is 9.94. The number of carbonyl (C=O) groups excluding carboxylic acids is 1. The van der Waals surface area contributed by atoms with Gasteiger partial charge >= 0.3 is 6.03 Å². The van der Waals surface area contributed by atoms with Gasteiger partial charge < -0.3 is 10.2 Å². The number of carbonyl (C=O) groups is 1. The summed E-state index contributed by atoms with van der Waals surface area (Å²) < 4.78 is 1.68. The van der Waals surface area contributed by atoms with Gasteiger partial charge in [-0.05, 0) is 62.4 Å². The second kappa shape index (κ2) is 6.44. The molecular weight excluding hydrogens is 298 g/mol. The van der Waals surface area contributed by atoms with Crippen molar-refractivity contribution in [3.8, 4) is 11.1 Å². The summed E-state index contributed by atoms with van der Waals surface area (Å²) >= 11 is 0. The Labute approximate surface area is 143 Å². The average Bonchev–Trinajstić information content (AvgIpc) is 2.90. The first-order valence-electron chi connectivity index (χ1n) is 8.95. The molecule has 0 aliphatic carbocycles. The third-order valence-corrected chi connectivity index (χ3v) is 5.41. The fourth-order valence-corrected chi connectivity index (χ4v) is 4.07. The molecule has 24 heavy (non-hydrogen) atoms. The Morgan fingerprint density at radius 2 is 2.00 bits per heavy atom. The van der Waals surface area contributed by atoms with Gasteiger partial charge in [-0.15, -0.1) is 0 Å². The molecule has 3 aliphatic rings. The first kappa shape index (κ1) is 15.5. The van der Waals surface area contributed by atoms with Crippen molar-refractivity contribution in [2.75, 3.05) is 19.6 Å². The van der Waals surface area contributed by atoms with Crippen molar-refractivity contribution in [1.82, 2.24) is 14.8 Å². The summed E-state index contributed by atoms with van der Waals surface area (Å²) in [6.45, 7) is 5.47. The fourth-order valence-electron chi connectivity index (χ4n) is 4.07. The molecule has 2 bridgehead atoms. The lowest BCUT2D eigenvalue weighted by Gasteiger charge is -2.26. The summed E-state index contributed by atoms with van der Waals surface area (Å²) in [7, 11) is 0. The molecule has 3 aliphatic heterocycles. The van der Waals surface area contributed by atoms with E-state index in [0.29, 0.717) is 0 Å². The molecule has 126 valence electrons. The Bertz CT molecular complexity index is 714. The maximum absolute atomic E-state index is 12.6. The first-order chi connectivity index (χ1) is 11.7. The molecule has 0 spiro atoms. The zero-order valence-corrected chi connectivity index (χ0v) is 14.2. The minimum atomic E-state index is -0.0126. The highest BCUT2D eigenvalue weighted by atomic mass is 16.2. The van der Waals surface area contributed by atoms with E-state index in [9.17, 15) is 4.79 Å². The predicted molar refractivity (Wildman–Crippen MR) is 96.1 cm³/mol. The quantitative estimate of drug-likeness (QED) is 0.918. The lowest BCUT2D eigenvalue weighted by molar-refractivity contribution is 0.217. The van der Waals surface area contributed by atoms with Gasteiger partial charge in [0.15, 0.2) is 0 Å². The van der Waals surface area contributed by atoms with Crippen molar-refractivity contribution in [3.63, 3.8) is 0 Å². The van der Waals surface area contributed by atoms with Gasteiger partial charge in [0.05, 0.1) is 0 Å². The largest absolute Gasteiger partial charge is 0.333 e. The van der Waals surface area contributed by atoms with E-state index < -0.39 is 0 Å². The van der Waals surface area contributed by atoms with Gasteiger partial charge in [-0.25, -0.2) is 4.79 Å². The minimum absolute atomic E-state index is 0.0126. The molecule has 1 unspecified atom stereocenters. The maximum Gasteiger partial charge on any atom is 0.325 e. The molecule has 1 N–H and O–H groups in total. The Balaban J connectivity index is 1.45. The summed E-state index contributed by atoms with van der Waals surface area (Å²) in [5.41, 5.74) is 3.46. The number of nitrogens with one attached hydrogen (secondary N) is 1. The van der Waals surface area contributed by atoms with E-state index in [1.54, 1.807) is 4.57 Å². The molecule has 4 nitrogen and oxygen atoms in total. The third-order valence-electron chi connectivity index (χ3n) is 5.41. The Morgan fingerprint density at radius 3 is 2.79 bits per heavy atom. The Kier molecular flexibility index (Phi) is 4.15. The van der Waals surface area contributed by atoms with E-state index in [2.05, 4.69) is 41.4 Å². The van der Waals surface area contributed by atoms with Gasteiger partial charge in [0.1, 0.15) is 0 Å². The molecule has 4 heterocycles. The monoisotopic (exact) mass is 323 g/mol. The van der Waals surface area contributed by atoms with Gasteiger partial charge in [-0.3, -0.25) is 4.57 Å². The number of rotatable bonds is 2. The van der Waals surface area contributed by atoms with Crippen molar-refractivity contribution in [2.24, 2.45) is 5.92 Å². The molecule has 1 aromatic carbocycles.